The van der Waals surface area contributed by atoms with E-state index >= 15 is 0 Å². The van der Waals surface area contributed by atoms with Gasteiger partial charge in [-0.15, -0.1) is 0 Å². The van der Waals surface area contributed by atoms with Crippen LogP contribution in [0.5, 0.6) is 5.75 Å². The first-order valence-electron chi connectivity index (χ1n) is 6.17. The highest BCUT2D eigenvalue weighted by atomic mass is 16.5. The maximum Gasteiger partial charge on any atom is 0.126 e. The van der Waals surface area contributed by atoms with E-state index in [9.17, 15) is 5.11 Å². The van der Waals surface area contributed by atoms with Crippen LogP contribution < -0.4 is 4.74 Å². The van der Waals surface area contributed by atoms with E-state index < -0.39 is 6.10 Å². The summed E-state index contributed by atoms with van der Waals surface area (Å²) in [6.07, 6.45) is -0.560. The zero-order valence-corrected chi connectivity index (χ0v) is 10.7. The van der Waals surface area contributed by atoms with Gasteiger partial charge in [0.25, 0.3) is 0 Å². The monoisotopic (exact) mass is 242 g/mol. The molecule has 0 unspecified atom stereocenters. The number of benzene rings is 2. The molecule has 18 heavy (non-hydrogen) atoms. The quantitative estimate of drug-likeness (QED) is 0.881. The third-order valence-corrected chi connectivity index (χ3v) is 2.94. The molecule has 2 nitrogen and oxygen atoms in total. The molecule has 0 aliphatic carbocycles. The smallest absolute Gasteiger partial charge is 0.126 e. The minimum Gasteiger partial charge on any atom is -0.486 e. The molecule has 94 valence electrons. The van der Waals surface area contributed by atoms with Crippen LogP contribution in [-0.4, -0.2) is 5.11 Å². The molecule has 0 aromatic heterocycles. The summed E-state index contributed by atoms with van der Waals surface area (Å²) in [5, 5.41) is 9.71. The van der Waals surface area contributed by atoms with Gasteiger partial charge in [0.15, 0.2) is 0 Å². The molecule has 2 aromatic carbocycles. The maximum absolute atomic E-state index is 9.71. The fourth-order valence-electron chi connectivity index (χ4n) is 1.92. The molecule has 0 aliphatic heterocycles. The first kappa shape index (κ1) is 12.7. The number of hydrogen-bond acceptors (Lipinski definition) is 2. The number of aliphatic hydroxyl groups is 1. The van der Waals surface area contributed by atoms with Crippen molar-refractivity contribution in [3.8, 4) is 5.75 Å². The molecule has 1 N–H and O–H groups in total. The van der Waals surface area contributed by atoms with Crippen molar-refractivity contribution in [2.24, 2.45) is 0 Å². The Labute approximate surface area is 108 Å². The van der Waals surface area contributed by atoms with Crippen molar-refractivity contribution in [3.63, 3.8) is 0 Å². The number of ether oxygens (including phenoxy) is 1. The predicted octanol–water partition coefficient (Wildman–Crippen LogP) is 3.88. The molecule has 0 heterocycles. The van der Waals surface area contributed by atoms with Gasteiger partial charge in [-0.3, -0.25) is 0 Å². The van der Waals surface area contributed by atoms with E-state index in [4.69, 9.17) is 4.74 Å². The van der Waals surface area contributed by atoms with Crippen LogP contribution in [0.2, 0.25) is 0 Å². The SMILES string of the molecule is C[C@H](O)c1ccccc1O[C@@H](C)c1ccccc1. The van der Waals surface area contributed by atoms with Crippen LogP contribution in [0.15, 0.2) is 54.6 Å². The summed E-state index contributed by atoms with van der Waals surface area (Å²) in [4.78, 5) is 0. The molecule has 0 bridgehead atoms. The maximum atomic E-state index is 9.71. The van der Waals surface area contributed by atoms with E-state index in [0.29, 0.717) is 0 Å². The standard InChI is InChI=1S/C16H18O2/c1-12(17)15-10-6-7-11-16(15)18-13(2)14-8-4-3-5-9-14/h3-13,17H,1-2H3/t12-,13-/m0/s1. The summed E-state index contributed by atoms with van der Waals surface area (Å²) in [5.74, 6) is 0.740. The second kappa shape index (κ2) is 5.69. The highest BCUT2D eigenvalue weighted by Crippen LogP contribution is 2.28. The molecule has 0 radical (unpaired) electrons. The Kier molecular flexibility index (Phi) is 4.00. The average molecular weight is 242 g/mol. The van der Waals surface area contributed by atoms with E-state index in [2.05, 4.69) is 0 Å². The highest BCUT2D eigenvalue weighted by Gasteiger charge is 2.12. The first-order valence-corrected chi connectivity index (χ1v) is 6.17. The van der Waals surface area contributed by atoms with Crippen LogP contribution in [0, 0.1) is 0 Å². The third-order valence-electron chi connectivity index (χ3n) is 2.94. The zero-order valence-electron chi connectivity index (χ0n) is 10.7. The average Bonchev–Trinajstić information content (AvgIpc) is 2.40. The molecule has 0 amide bonds. The van der Waals surface area contributed by atoms with Crippen LogP contribution in [0.4, 0.5) is 0 Å². The Morgan fingerprint density at radius 3 is 2.17 bits per heavy atom. The topological polar surface area (TPSA) is 29.5 Å². The minimum atomic E-state index is -0.524. The lowest BCUT2D eigenvalue weighted by Gasteiger charge is -2.18. The van der Waals surface area contributed by atoms with E-state index in [1.807, 2.05) is 61.5 Å². The van der Waals surface area contributed by atoms with Gasteiger partial charge >= 0.3 is 0 Å². The minimum absolute atomic E-state index is 0.0360. The number of rotatable bonds is 4. The lowest BCUT2D eigenvalue weighted by molar-refractivity contribution is 0.179. The van der Waals surface area contributed by atoms with Crippen LogP contribution >= 0.6 is 0 Å². The lowest BCUT2D eigenvalue weighted by atomic mass is 10.1. The van der Waals surface area contributed by atoms with Gasteiger partial charge < -0.3 is 9.84 Å². The summed E-state index contributed by atoms with van der Waals surface area (Å²) >= 11 is 0. The van der Waals surface area contributed by atoms with Gasteiger partial charge in [0.2, 0.25) is 0 Å². The van der Waals surface area contributed by atoms with Crippen LogP contribution in [0.3, 0.4) is 0 Å². The fraction of sp³-hybridized carbons (Fsp3) is 0.250. The molecule has 2 atom stereocenters. The summed E-state index contributed by atoms with van der Waals surface area (Å²) in [6, 6.07) is 17.6. The highest BCUT2D eigenvalue weighted by molar-refractivity contribution is 5.35. The molecular weight excluding hydrogens is 224 g/mol. The van der Waals surface area contributed by atoms with Gasteiger partial charge in [0, 0.05) is 5.56 Å². The summed E-state index contributed by atoms with van der Waals surface area (Å²) in [5.41, 5.74) is 1.94. The molecule has 2 rings (SSSR count). The molecule has 0 saturated carbocycles. The molecule has 0 saturated heterocycles. The van der Waals surface area contributed by atoms with Gasteiger partial charge in [0.05, 0.1) is 6.10 Å². The van der Waals surface area contributed by atoms with Crippen molar-refractivity contribution in [2.75, 3.05) is 0 Å². The first-order chi connectivity index (χ1) is 8.68. The number of para-hydroxylation sites is 1. The van der Waals surface area contributed by atoms with E-state index in [-0.39, 0.29) is 6.10 Å². The van der Waals surface area contributed by atoms with Crippen molar-refractivity contribution in [1.82, 2.24) is 0 Å². The van der Waals surface area contributed by atoms with Crippen molar-refractivity contribution in [1.29, 1.82) is 0 Å². The summed E-state index contributed by atoms with van der Waals surface area (Å²) in [7, 11) is 0. The van der Waals surface area contributed by atoms with Crippen LogP contribution in [0.1, 0.15) is 37.2 Å². The second-order valence-corrected chi connectivity index (χ2v) is 4.38. The van der Waals surface area contributed by atoms with E-state index in [0.717, 1.165) is 16.9 Å². The van der Waals surface area contributed by atoms with Gasteiger partial charge in [0.1, 0.15) is 11.9 Å². The Balaban J connectivity index is 2.19. The van der Waals surface area contributed by atoms with Gasteiger partial charge in [-0.1, -0.05) is 48.5 Å². The second-order valence-electron chi connectivity index (χ2n) is 4.38. The Morgan fingerprint density at radius 2 is 1.50 bits per heavy atom. The molecule has 0 fully saturated rings. The normalized spacial score (nSPS) is 13.9. The summed E-state index contributed by atoms with van der Waals surface area (Å²) < 4.78 is 5.93. The molecule has 2 aromatic rings. The molecular formula is C16H18O2. The van der Waals surface area contributed by atoms with Crippen molar-refractivity contribution >= 4 is 0 Å². The van der Waals surface area contributed by atoms with Gasteiger partial charge in [-0.2, -0.15) is 0 Å². The Bertz CT molecular complexity index is 491. The number of hydrogen-bond donors (Lipinski definition) is 1. The van der Waals surface area contributed by atoms with Crippen LogP contribution in [0.25, 0.3) is 0 Å². The number of aliphatic hydroxyl groups excluding tert-OH is 1. The summed E-state index contributed by atoms with van der Waals surface area (Å²) in [6.45, 7) is 3.75. The Morgan fingerprint density at radius 1 is 0.889 bits per heavy atom. The predicted molar refractivity (Wildman–Crippen MR) is 72.6 cm³/mol. The zero-order chi connectivity index (χ0) is 13.0. The van der Waals surface area contributed by atoms with E-state index in [1.54, 1.807) is 6.92 Å². The third kappa shape index (κ3) is 2.90. The Hall–Kier alpha value is -1.80. The molecule has 2 heteroatoms. The van der Waals surface area contributed by atoms with E-state index in [1.165, 1.54) is 0 Å². The van der Waals surface area contributed by atoms with Gasteiger partial charge in [-0.05, 0) is 25.5 Å². The van der Waals surface area contributed by atoms with Gasteiger partial charge in [-0.25, -0.2) is 0 Å². The fourth-order valence-corrected chi connectivity index (χ4v) is 1.92. The van der Waals surface area contributed by atoms with Crippen LogP contribution in [-0.2, 0) is 0 Å². The largest absolute Gasteiger partial charge is 0.486 e. The molecule has 0 aliphatic rings. The van der Waals surface area contributed by atoms with Crippen molar-refractivity contribution < 1.29 is 9.84 Å². The lowest BCUT2D eigenvalue weighted by Crippen LogP contribution is -2.05. The van der Waals surface area contributed by atoms with Crippen molar-refractivity contribution in [2.45, 2.75) is 26.1 Å². The molecule has 0 spiro atoms. The van der Waals surface area contributed by atoms with Crippen molar-refractivity contribution in [3.05, 3.63) is 65.7 Å².